The molecule has 1 aromatic carbocycles. The van der Waals surface area contributed by atoms with Gasteiger partial charge < -0.3 is 39.6 Å². The number of aromatic nitrogens is 2. The summed E-state index contributed by atoms with van der Waals surface area (Å²) in [5.74, 6) is -0.599. The van der Waals surface area contributed by atoms with Crippen molar-refractivity contribution in [2.75, 3.05) is 13.2 Å². The van der Waals surface area contributed by atoms with Crippen LogP contribution in [0.4, 0.5) is 0 Å². The minimum Gasteiger partial charge on any atom is -0.458 e. The Morgan fingerprint density at radius 3 is 2.56 bits per heavy atom. The van der Waals surface area contributed by atoms with Gasteiger partial charge in [0.25, 0.3) is 0 Å². The fourth-order valence-corrected chi connectivity index (χ4v) is 4.12. The van der Waals surface area contributed by atoms with Gasteiger partial charge in [0.1, 0.15) is 12.7 Å². The first kappa shape index (κ1) is 24.9. The molecular formula is C23H31N3O8. The van der Waals surface area contributed by atoms with Crippen molar-refractivity contribution in [1.29, 1.82) is 0 Å². The molecule has 186 valence electrons. The van der Waals surface area contributed by atoms with E-state index in [1.54, 1.807) is 19.9 Å². The Bertz CT molecular complexity index is 954. The van der Waals surface area contributed by atoms with Crippen LogP contribution in [0.2, 0.25) is 0 Å². The van der Waals surface area contributed by atoms with E-state index in [2.05, 4.69) is 9.97 Å². The predicted molar refractivity (Wildman–Crippen MR) is 119 cm³/mol. The second-order valence-electron chi connectivity index (χ2n) is 8.59. The third-order valence-corrected chi connectivity index (χ3v) is 5.98. The zero-order chi connectivity index (χ0) is 24.2. The Morgan fingerprint density at radius 2 is 1.82 bits per heavy atom. The third-order valence-electron chi connectivity index (χ3n) is 5.98. The zero-order valence-electron chi connectivity index (χ0n) is 19.1. The number of para-hydroxylation sites is 2. The topological polar surface area (TPSA) is 155 Å². The molecule has 0 aliphatic carbocycles. The van der Waals surface area contributed by atoms with Gasteiger partial charge in [0.2, 0.25) is 0 Å². The van der Waals surface area contributed by atoms with Crippen molar-refractivity contribution in [3.63, 3.8) is 0 Å². The average Bonchev–Trinajstić information content (AvgIpc) is 2.82. The summed E-state index contributed by atoms with van der Waals surface area (Å²) in [6.45, 7) is 3.56. The van der Waals surface area contributed by atoms with Gasteiger partial charge >= 0.3 is 5.97 Å². The van der Waals surface area contributed by atoms with Gasteiger partial charge in [-0.05, 0) is 26.0 Å². The summed E-state index contributed by atoms with van der Waals surface area (Å²) in [5.41, 5.74) is 7.35. The number of fused-ring (bicyclic) bond motifs is 1. The van der Waals surface area contributed by atoms with Crippen LogP contribution >= 0.6 is 0 Å². The molecule has 4 N–H and O–H groups in total. The molecule has 0 amide bonds. The number of ether oxygens (including phenoxy) is 5. The SMILES string of the molecule is CC1O[C@H](OC2C(O)C[C@H](OCCOC(=O)c3cnc4ccccc4n3)OC2C)CC(N)C1O. The summed E-state index contributed by atoms with van der Waals surface area (Å²) < 4.78 is 28.2. The molecular weight excluding hydrogens is 446 g/mol. The molecule has 4 rings (SSSR count). The molecule has 6 unspecified atom stereocenters. The standard InChI is InChI=1S/C23H31N3O8/c1-12-21(28)14(24)9-20(32-12)34-22-13(2)33-19(10-18(22)27)30-7-8-31-23(29)17-11-25-15-5-3-4-6-16(15)26-17/h3-6,11-14,18-22,27-28H,7-10,24H2,1-2H3/t12?,13?,14?,18?,19-,20-,21?,22?/m1/s1. The highest BCUT2D eigenvalue weighted by molar-refractivity contribution is 5.89. The molecule has 11 heteroatoms. The zero-order valence-corrected chi connectivity index (χ0v) is 19.1. The van der Waals surface area contributed by atoms with Crippen LogP contribution in [0, 0.1) is 0 Å². The molecule has 2 saturated heterocycles. The van der Waals surface area contributed by atoms with Crippen molar-refractivity contribution in [3.05, 3.63) is 36.2 Å². The number of benzene rings is 1. The maximum Gasteiger partial charge on any atom is 0.358 e. The molecule has 0 saturated carbocycles. The van der Waals surface area contributed by atoms with Crippen molar-refractivity contribution in [2.45, 2.75) is 75.8 Å². The van der Waals surface area contributed by atoms with E-state index in [1.807, 2.05) is 18.2 Å². The van der Waals surface area contributed by atoms with Crippen molar-refractivity contribution < 1.29 is 38.7 Å². The lowest BCUT2D eigenvalue weighted by atomic mass is 9.99. The third kappa shape index (κ3) is 5.87. The number of rotatable bonds is 7. The van der Waals surface area contributed by atoms with Crippen LogP contribution < -0.4 is 5.73 Å². The highest BCUT2D eigenvalue weighted by Crippen LogP contribution is 2.28. The van der Waals surface area contributed by atoms with Crippen LogP contribution in [0.1, 0.15) is 37.2 Å². The van der Waals surface area contributed by atoms with Crippen molar-refractivity contribution in [2.24, 2.45) is 5.73 Å². The molecule has 8 atom stereocenters. The minimum atomic E-state index is -0.855. The lowest BCUT2D eigenvalue weighted by molar-refractivity contribution is -0.304. The number of aliphatic hydroxyl groups excluding tert-OH is 2. The van der Waals surface area contributed by atoms with E-state index in [-0.39, 0.29) is 25.3 Å². The summed E-state index contributed by atoms with van der Waals surface area (Å²) in [7, 11) is 0. The van der Waals surface area contributed by atoms with E-state index in [4.69, 9.17) is 29.4 Å². The van der Waals surface area contributed by atoms with Crippen molar-refractivity contribution in [3.8, 4) is 0 Å². The molecule has 2 aromatic rings. The van der Waals surface area contributed by atoms with Crippen LogP contribution in [-0.4, -0.2) is 88.5 Å². The smallest absolute Gasteiger partial charge is 0.358 e. The fraction of sp³-hybridized carbons (Fsp3) is 0.609. The first-order valence-electron chi connectivity index (χ1n) is 11.4. The molecule has 34 heavy (non-hydrogen) atoms. The molecule has 1 aromatic heterocycles. The van der Waals surface area contributed by atoms with Crippen LogP contribution in [0.5, 0.6) is 0 Å². The lowest BCUT2D eigenvalue weighted by Gasteiger charge is -2.42. The summed E-state index contributed by atoms with van der Waals surface area (Å²) in [5, 5.41) is 20.5. The van der Waals surface area contributed by atoms with Crippen LogP contribution in [0.25, 0.3) is 11.0 Å². The van der Waals surface area contributed by atoms with Gasteiger partial charge in [-0.25, -0.2) is 9.78 Å². The Morgan fingerprint density at radius 1 is 1.09 bits per heavy atom. The Balaban J connectivity index is 1.20. The number of aliphatic hydroxyl groups is 2. The molecule has 0 radical (unpaired) electrons. The number of nitrogens with zero attached hydrogens (tertiary/aromatic N) is 2. The summed E-state index contributed by atoms with van der Waals surface area (Å²) in [6.07, 6.45) is -2.66. The van der Waals surface area contributed by atoms with Gasteiger partial charge in [-0.1, -0.05) is 12.1 Å². The van der Waals surface area contributed by atoms with E-state index < -0.39 is 55.1 Å². The van der Waals surface area contributed by atoms with Gasteiger partial charge in [0, 0.05) is 18.9 Å². The largest absolute Gasteiger partial charge is 0.458 e. The van der Waals surface area contributed by atoms with Gasteiger partial charge in [-0.3, -0.25) is 4.98 Å². The summed E-state index contributed by atoms with van der Waals surface area (Å²) >= 11 is 0. The predicted octanol–water partition coefficient (Wildman–Crippen LogP) is 0.507. The lowest BCUT2D eigenvalue weighted by Crippen LogP contribution is -2.55. The van der Waals surface area contributed by atoms with Crippen molar-refractivity contribution in [1.82, 2.24) is 9.97 Å². The van der Waals surface area contributed by atoms with Crippen LogP contribution in [0.15, 0.2) is 30.5 Å². The molecule has 0 spiro atoms. The fourth-order valence-electron chi connectivity index (χ4n) is 4.12. The maximum atomic E-state index is 12.2. The molecule has 0 bridgehead atoms. The van der Waals surface area contributed by atoms with Crippen LogP contribution in [-0.2, 0) is 23.7 Å². The number of hydrogen-bond donors (Lipinski definition) is 3. The van der Waals surface area contributed by atoms with E-state index in [0.29, 0.717) is 17.5 Å². The molecule has 11 nitrogen and oxygen atoms in total. The minimum absolute atomic E-state index is 0.00831. The van der Waals surface area contributed by atoms with Gasteiger partial charge in [-0.2, -0.15) is 0 Å². The molecule has 2 aliphatic rings. The van der Waals surface area contributed by atoms with Crippen LogP contribution in [0.3, 0.4) is 0 Å². The second kappa shape index (κ2) is 11.0. The Kier molecular flexibility index (Phi) is 8.04. The molecule has 2 aliphatic heterocycles. The second-order valence-corrected chi connectivity index (χ2v) is 8.59. The first-order valence-corrected chi connectivity index (χ1v) is 11.4. The molecule has 2 fully saturated rings. The Hall–Kier alpha value is -2.25. The highest BCUT2D eigenvalue weighted by atomic mass is 16.7. The average molecular weight is 478 g/mol. The van der Waals surface area contributed by atoms with E-state index in [0.717, 1.165) is 0 Å². The number of carbonyl (C=O) groups excluding carboxylic acids is 1. The number of hydrogen-bond acceptors (Lipinski definition) is 11. The van der Waals surface area contributed by atoms with Gasteiger partial charge in [0.15, 0.2) is 18.3 Å². The number of esters is 1. The normalized spacial score (nSPS) is 34.1. The van der Waals surface area contributed by atoms with E-state index >= 15 is 0 Å². The highest BCUT2D eigenvalue weighted by Gasteiger charge is 2.41. The summed E-state index contributed by atoms with van der Waals surface area (Å²) in [4.78, 5) is 20.7. The number of carbonyl (C=O) groups is 1. The van der Waals surface area contributed by atoms with E-state index in [9.17, 15) is 15.0 Å². The van der Waals surface area contributed by atoms with Gasteiger partial charge in [-0.15, -0.1) is 0 Å². The molecule has 3 heterocycles. The number of nitrogens with two attached hydrogens (primary N) is 1. The quantitative estimate of drug-likeness (QED) is 0.377. The maximum absolute atomic E-state index is 12.2. The van der Waals surface area contributed by atoms with Gasteiger partial charge in [0.05, 0.1) is 48.3 Å². The summed E-state index contributed by atoms with van der Waals surface area (Å²) in [6, 6.07) is 6.77. The first-order chi connectivity index (χ1) is 16.3. The van der Waals surface area contributed by atoms with Crippen molar-refractivity contribution >= 4 is 17.0 Å². The Labute approximate surface area is 197 Å². The monoisotopic (exact) mass is 477 g/mol. The van der Waals surface area contributed by atoms with E-state index in [1.165, 1.54) is 6.20 Å².